The van der Waals surface area contributed by atoms with Gasteiger partial charge in [-0.25, -0.2) is 0 Å². The van der Waals surface area contributed by atoms with Crippen molar-refractivity contribution in [1.82, 2.24) is 0 Å². The van der Waals surface area contributed by atoms with Crippen LogP contribution in [0.1, 0.15) is 40.5 Å². The molecule has 1 aliphatic rings. The van der Waals surface area contributed by atoms with Gasteiger partial charge in [-0.1, -0.05) is 6.08 Å². The second-order valence-electron chi connectivity index (χ2n) is 5.73. The lowest BCUT2D eigenvalue weighted by molar-refractivity contribution is -0.300. The van der Waals surface area contributed by atoms with Gasteiger partial charge in [0.25, 0.3) is 0 Å². The van der Waals surface area contributed by atoms with Crippen LogP contribution in [0.25, 0.3) is 0 Å². The molecule has 0 aromatic carbocycles. The Morgan fingerprint density at radius 1 is 0.960 bits per heavy atom. The predicted octanol–water partition coefficient (Wildman–Crippen LogP) is 1.51. The third-order valence-corrected chi connectivity index (χ3v) is 3.47. The molecule has 0 unspecified atom stereocenters. The van der Waals surface area contributed by atoms with E-state index < -0.39 is 48.6 Å². The number of hydrogen-bond acceptors (Lipinski definition) is 8. The van der Waals surface area contributed by atoms with Gasteiger partial charge < -0.3 is 23.7 Å². The molecular formula is C17H26O8. The topological polar surface area (TPSA) is 97.4 Å². The minimum Gasteiger partial charge on any atom is -0.456 e. The fourth-order valence-corrected chi connectivity index (χ4v) is 2.53. The molecule has 0 amide bonds. The number of carbonyl (C=O) groups excluding carboxylic acids is 3. The van der Waals surface area contributed by atoms with Gasteiger partial charge in [0.1, 0.15) is 0 Å². The Morgan fingerprint density at radius 3 is 2.00 bits per heavy atom. The average molecular weight is 358 g/mol. The van der Waals surface area contributed by atoms with Crippen molar-refractivity contribution >= 4 is 17.9 Å². The Kier molecular flexibility index (Phi) is 8.57. The van der Waals surface area contributed by atoms with Crippen molar-refractivity contribution in [2.24, 2.45) is 0 Å². The summed E-state index contributed by atoms with van der Waals surface area (Å²) in [5.41, 5.74) is 0. The van der Waals surface area contributed by atoms with E-state index in [1.807, 2.05) is 0 Å². The van der Waals surface area contributed by atoms with Crippen LogP contribution >= 0.6 is 0 Å². The Bertz CT molecular complexity index is 489. The van der Waals surface area contributed by atoms with Crippen LogP contribution in [0, 0.1) is 0 Å². The zero-order chi connectivity index (χ0) is 19.0. The number of esters is 3. The van der Waals surface area contributed by atoms with Gasteiger partial charge in [0.15, 0.2) is 24.6 Å². The fourth-order valence-electron chi connectivity index (χ4n) is 2.53. The maximum Gasteiger partial charge on any atom is 0.303 e. The van der Waals surface area contributed by atoms with E-state index in [9.17, 15) is 14.4 Å². The van der Waals surface area contributed by atoms with Gasteiger partial charge in [0.2, 0.25) is 0 Å². The number of unbranched alkanes of at least 4 members (excludes halogenated alkanes) is 1. The first kappa shape index (κ1) is 21.1. The molecule has 1 saturated heterocycles. The molecule has 0 aromatic rings. The summed E-state index contributed by atoms with van der Waals surface area (Å²) in [6.45, 7) is 9.30. The zero-order valence-corrected chi connectivity index (χ0v) is 15.1. The van der Waals surface area contributed by atoms with Crippen LogP contribution in [0.15, 0.2) is 12.7 Å². The minimum absolute atomic E-state index is 0.339. The summed E-state index contributed by atoms with van der Waals surface area (Å²) in [5, 5.41) is 0. The van der Waals surface area contributed by atoms with Crippen LogP contribution in [0.5, 0.6) is 0 Å². The number of ether oxygens (including phenoxy) is 5. The highest BCUT2D eigenvalue weighted by Crippen LogP contribution is 2.29. The summed E-state index contributed by atoms with van der Waals surface area (Å²) in [6, 6.07) is 0. The molecule has 0 aromatic heterocycles. The second-order valence-corrected chi connectivity index (χ2v) is 5.73. The Balaban J connectivity index is 3.00. The predicted molar refractivity (Wildman–Crippen MR) is 86.4 cm³/mol. The summed E-state index contributed by atoms with van der Waals surface area (Å²) in [4.78, 5) is 34.3. The van der Waals surface area contributed by atoms with Crippen LogP contribution in [-0.4, -0.2) is 55.2 Å². The van der Waals surface area contributed by atoms with Gasteiger partial charge in [0, 0.05) is 20.8 Å². The van der Waals surface area contributed by atoms with Crippen molar-refractivity contribution in [3.05, 3.63) is 12.7 Å². The fraction of sp³-hybridized carbons (Fsp3) is 0.706. The first-order chi connectivity index (χ1) is 11.8. The van der Waals surface area contributed by atoms with E-state index in [2.05, 4.69) is 6.58 Å². The molecule has 0 radical (unpaired) electrons. The van der Waals surface area contributed by atoms with Crippen LogP contribution in [0.4, 0.5) is 0 Å². The molecule has 0 N–H and O–H groups in total. The molecular weight excluding hydrogens is 332 g/mol. The number of rotatable bonds is 8. The van der Waals surface area contributed by atoms with Gasteiger partial charge in [-0.05, 0) is 19.8 Å². The largest absolute Gasteiger partial charge is 0.456 e. The number of hydrogen-bond donors (Lipinski definition) is 0. The highest BCUT2D eigenvalue weighted by atomic mass is 16.7. The Morgan fingerprint density at radius 2 is 1.48 bits per heavy atom. The van der Waals surface area contributed by atoms with E-state index >= 15 is 0 Å². The summed E-state index contributed by atoms with van der Waals surface area (Å²) >= 11 is 0. The van der Waals surface area contributed by atoms with Crippen LogP contribution in [0.2, 0.25) is 0 Å². The highest BCUT2D eigenvalue weighted by Gasteiger charge is 2.50. The smallest absolute Gasteiger partial charge is 0.303 e. The van der Waals surface area contributed by atoms with Gasteiger partial charge in [-0.3, -0.25) is 14.4 Å². The van der Waals surface area contributed by atoms with Crippen LogP contribution < -0.4 is 0 Å². The second kappa shape index (κ2) is 10.1. The third kappa shape index (κ3) is 6.83. The van der Waals surface area contributed by atoms with Crippen LogP contribution in [0.3, 0.4) is 0 Å². The molecule has 0 aliphatic carbocycles. The lowest BCUT2D eigenvalue weighted by atomic mass is 9.99. The van der Waals surface area contributed by atoms with Gasteiger partial charge in [-0.15, -0.1) is 6.58 Å². The Labute approximate surface area is 147 Å². The lowest BCUT2D eigenvalue weighted by Crippen LogP contribution is -2.61. The van der Waals surface area contributed by atoms with Crippen molar-refractivity contribution in [1.29, 1.82) is 0 Å². The summed E-state index contributed by atoms with van der Waals surface area (Å²) in [5.74, 6) is -1.76. The van der Waals surface area contributed by atoms with Gasteiger partial charge in [0.05, 0.1) is 12.7 Å². The van der Waals surface area contributed by atoms with E-state index in [1.165, 1.54) is 20.8 Å². The summed E-state index contributed by atoms with van der Waals surface area (Å²) < 4.78 is 27.1. The zero-order valence-electron chi connectivity index (χ0n) is 15.1. The van der Waals surface area contributed by atoms with Crippen LogP contribution in [-0.2, 0) is 38.1 Å². The maximum absolute atomic E-state index is 11.5. The molecule has 8 nitrogen and oxygen atoms in total. The Hall–Kier alpha value is -1.93. The first-order valence-electron chi connectivity index (χ1n) is 8.15. The van der Waals surface area contributed by atoms with E-state index in [1.54, 1.807) is 13.0 Å². The van der Waals surface area contributed by atoms with E-state index in [0.717, 1.165) is 6.42 Å². The molecule has 8 heteroatoms. The molecule has 0 bridgehead atoms. The van der Waals surface area contributed by atoms with E-state index in [-0.39, 0.29) is 0 Å². The molecule has 0 spiro atoms. The average Bonchev–Trinajstić information content (AvgIpc) is 2.49. The van der Waals surface area contributed by atoms with E-state index in [4.69, 9.17) is 23.7 Å². The van der Waals surface area contributed by atoms with Crippen molar-refractivity contribution in [3.63, 3.8) is 0 Å². The number of allylic oxidation sites excluding steroid dienone is 1. The van der Waals surface area contributed by atoms with Crippen molar-refractivity contribution in [2.75, 3.05) is 6.61 Å². The van der Waals surface area contributed by atoms with Crippen molar-refractivity contribution in [3.8, 4) is 0 Å². The normalized spacial score (nSPS) is 28.7. The quantitative estimate of drug-likeness (QED) is 0.279. The standard InChI is InChI=1S/C17H26O8/c1-6-7-8-9-21-17-16(25-13(5)20)15(24-12(4)19)14(10(2)22-17)23-11(3)18/h6,10,14-17H,1,7-9H2,2-5H3/t10-,14+,15+,16-,17-/m0/s1. The first-order valence-corrected chi connectivity index (χ1v) is 8.15. The minimum atomic E-state index is -1.05. The van der Waals surface area contributed by atoms with Gasteiger partial charge in [-0.2, -0.15) is 0 Å². The molecule has 25 heavy (non-hydrogen) atoms. The van der Waals surface area contributed by atoms with Gasteiger partial charge >= 0.3 is 17.9 Å². The molecule has 1 heterocycles. The lowest BCUT2D eigenvalue weighted by Gasteiger charge is -2.43. The molecule has 1 rings (SSSR count). The van der Waals surface area contributed by atoms with Crippen molar-refractivity contribution < 1.29 is 38.1 Å². The molecule has 1 aliphatic heterocycles. The maximum atomic E-state index is 11.5. The summed E-state index contributed by atoms with van der Waals surface area (Å²) in [7, 11) is 0. The third-order valence-electron chi connectivity index (χ3n) is 3.47. The van der Waals surface area contributed by atoms with E-state index in [0.29, 0.717) is 13.0 Å². The molecule has 0 saturated carbocycles. The molecule has 1 fully saturated rings. The monoisotopic (exact) mass is 358 g/mol. The number of carbonyl (C=O) groups is 3. The van der Waals surface area contributed by atoms with Crippen molar-refractivity contribution in [2.45, 2.75) is 71.2 Å². The highest BCUT2D eigenvalue weighted by molar-refractivity contribution is 5.68. The SMILES string of the molecule is C=CCCCO[C@H]1O[C@@H](C)[C@@H](OC(C)=O)[C@@H](OC(C)=O)[C@@H]1OC(C)=O. The summed E-state index contributed by atoms with van der Waals surface area (Å²) in [6.07, 6.45) is -1.34. The molecule has 5 atom stereocenters. The molecule has 142 valence electrons.